The Labute approximate surface area is 306 Å². The lowest BCUT2D eigenvalue weighted by molar-refractivity contribution is 0.393. The number of nitrogens with zero attached hydrogens (tertiary/aromatic N) is 8. The summed E-state index contributed by atoms with van der Waals surface area (Å²) in [6.45, 7) is 2.59. The third-order valence-corrected chi connectivity index (χ3v) is 9.85. The molecule has 0 spiro atoms. The molecule has 9 rings (SSSR count). The Morgan fingerprint density at radius 1 is 0.528 bits per heavy atom. The van der Waals surface area contributed by atoms with Crippen molar-refractivity contribution in [3.8, 4) is 57.2 Å². The number of pyridine rings is 2. The van der Waals surface area contributed by atoms with E-state index in [9.17, 15) is 0 Å². The first-order valence-corrected chi connectivity index (χ1v) is 17.4. The molecule has 0 radical (unpaired) electrons. The van der Waals surface area contributed by atoms with Crippen molar-refractivity contribution >= 4 is 33.1 Å². The lowest BCUT2D eigenvalue weighted by atomic mass is 10.0. The van der Waals surface area contributed by atoms with Crippen molar-refractivity contribution < 1.29 is 9.47 Å². The average molecular weight is 697 g/mol. The molecule has 260 valence electrons. The summed E-state index contributed by atoms with van der Waals surface area (Å²) < 4.78 is 17.5. The van der Waals surface area contributed by atoms with Crippen LogP contribution in [-0.2, 0) is 20.6 Å². The lowest BCUT2D eigenvalue weighted by Gasteiger charge is -2.12. The molecule has 0 saturated heterocycles. The van der Waals surface area contributed by atoms with Crippen molar-refractivity contribution in [3.05, 3.63) is 127 Å². The van der Waals surface area contributed by atoms with Crippen LogP contribution in [0, 0.1) is 6.92 Å². The summed E-state index contributed by atoms with van der Waals surface area (Å²) in [6.07, 6.45) is 1.88. The molecule has 0 N–H and O–H groups in total. The van der Waals surface area contributed by atoms with Gasteiger partial charge in [0.2, 0.25) is 0 Å². The number of hydrogen-bond acceptors (Lipinski definition) is 7. The van der Waals surface area contributed by atoms with Crippen LogP contribution < -0.4 is 9.47 Å². The first-order valence-electron chi connectivity index (χ1n) is 17.4. The van der Waals surface area contributed by atoms with Gasteiger partial charge in [0.05, 0.1) is 47.3 Å². The number of methoxy groups -OCH3 is 2. The highest BCUT2D eigenvalue weighted by Gasteiger charge is 2.19. The molecule has 0 amide bonds. The Balaban J connectivity index is 1.08. The van der Waals surface area contributed by atoms with E-state index in [2.05, 4.69) is 67.2 Å². The predicted molar refractivity (Wildman–Crippen MR) is 209 cm³/mol. The van der Waals surface area contributed by atoms with Crippen molar-refractivity contribution in [2.24, 2.45) is 14.1 Å². The van der Waals surface area contributed by atoms with Gasteiger partial charge in [0.25, 0.3) is 0 Å². The minimum Gasteiger partial charge on any atom is -0.497 e. The quantitative estimate of drug-likeness (QED) is 0.157. The second-order valence-electron chi connectivity index (χ2n) is 13.3. The monoisotopic (exact) mass is 696 g/mol. The van der Waals surface area contributed by atoms with E-state index >= 15 is 0 Å². The van der Waals surface area contributed by atoms with Crippen LogP contribution in [0.25, 0.3) is 78.8 Å². The van der Waals surface area contributed by atoms with E-state index in [-0.39, 0.29) is 0 Å². The highest BCUT2D eigenvalue weighted by atomic mass is 16.5. The maximum Gasteiger partial charge on any atom is 0.160 e. The highest BCUT2D eigenvalue weighted by molar-refractivity contribution is 5.89. The first kappa shape index (κ1) is 32.1. The van der Waals surface area contributed by atoms with Gasteiger partial charge in [0.1, 0.15) is 28.6 Å². The molecule has 53 heavy (non-hydrogen) atoms. The SMILES string of the molecule is COc1cc(Cn2c(-c3cccc(-c4nc5cc(-c6ccc7c(c6)nc(-c6ccc(C)cn6)n7C)ccc5n4C)n3)nc3ccccc32)cc(OC)c1. The summed E-state index contributed by atoms with van der Waals surface area (Å²) in [7, 11) is 7.39. The minimum atomic E-state index is 0.554. The molecule has 0 unspecified atom stereocenters. The number of ether oxygens (including phenoxy) is 2. The fourth-order valence-corrected chi connectivity index (χ4v) is 7.07. The van der Waals surface area contributed by atoms with Crippen molar-refractivity contribution in [3.63, 3.8) is 0 Å². The molecule has 10 heteroatoms. The number of aryl methyl sites for hydroxylation is 3. The van der Waals surface area contributed by atoms with Crippen LogP contribution in [0.1, 0.15) is 11.1 Å². The molecule has 0 aliphatic carbocycles. The van der Waals surface area contributed by atoms with Gasteiger partial charge in [0, 0.05) is 32.9 Å². The summed E-state index contributed by atoms with van der Waals surface area (Å²) in [5.41, 5.74) is 12.4. The molecular weight excluding hydrogens is 661 g/mol. The molecule has 4 aromatic carbocycles. The zero-order chi connectivity index (χ0) is 36.2. The smallest absolute Gasteiger partial charge is 0.160 e. The molecule has 9 aromatic rings. The van der Waals surface area contributed by atoms with Gasteiger partial charge in [-0.3, -0.25) is 4.98 Å². The van der Waals surface area contributed by atoms with Gasteiger partial charge in [-0.2, -0.15) is 0 Å². The van der Waals surface area contributed by atoms with Crippen LogP contribution in [0.2, 0.25) is 0 Å². The Hall–Kier alpha value is -6.81. The van der Waals surface area contributed by atoms with Crippen molar-refractivity contribution in [2.45, 2.75) is 13.5 Å². The van der Waals surface area contributed by atoms with Gasteiger partial charge in [-0.15, -0.1) is 0 Å². The number of fused-ring (bicyclic) bond motifs is 3. The van der Waals surface area contributed by atoms with Gasteiger partial charge < -0.3 is 23.2 Å². The Morgan fingerprint density at radius 3 is 1.75 bits per heavy atom. The number of imidazole rings is 3. The van der Waals surface area contributed by atoms with Gasteiger partial charge in [0.15, 0.2) is 17.5 Å². The van der Waals surface area contributed by atoms with Crippen molar-refractivity contribution in [1.82, 2.24) is 38.6 Å². The van der Waals surface area contributed by atoms with E-state index in [0.29, 0.717) is 6.54 Å². The zero-order valence-electron chi connectivity index (χ0n) is 30.1. The maximum atomic E-state index is 5.56. The van der Waals surface area contributed by atoms with Crippen LogP contribution in [0.4, 0.5) is 0 Å². The molecule has 0 fully saturated rings. The first-order chi connectivity index (χ1) is 25.9. The van der Waals surface area contributed by atoms with Crippen LogP contribution in [-0.4, -0.2) is 52.8 Å². The molecule has 0 aliphatic heterocycles. The maximum absolute atomic E-state index is 5.56. The molecule has 0 saturated carbocycles. The van der Waals surface area contributed by atoms with Crippen LogP contribution in [0.15, 0.2) is 115 Å². The number of para-hydroxylation sites is 2. The number of hydrogen-bond donors (Lipinski definition) is 0. The molecule has 10 nitrogen and oxygen atoms in total. The van der Waals surface area contributed by atoms with Gasteiger partial charge in [-0.1, -0.05) is 36.4 Å². The molecule has 0 bridgehead atoms. The lowest BCUT2D eigenvalue weighted by Crippen LogP contribution is -2.04. The summed E-state index contributed by atoms with van der Waals surface area (Å²) in [5.74, 6) is 3.85. The topological polar surface area (TPSA) is 97.7 Å². The van der Waals surface area contributed by atoms with E-state index in [1.54, 1.807) is 14.2 Å². The standard InChI is InChI=1S/C43H36N8O2/c1-26-13-16-33(44-24-26)41-47-36-21-28(14-17-38(36)49(41)2)29-15-18-39-37(22-29)48-42(50(39)3)34-10-8-11-35(45-34)43-46-32-9-6-7-12-40(32)51(43)25-27-19-30(52-4)23-31(20-27)53-5/h6-24H,25H2,1-5H3. The fraction of sp³-hybridized carbons (Fsp3) is 0.140. The number of rotatable bonds is 8. The Bertz CT molecular complexity index is 2810. The molecule has 5 aromatic heterocycles. The zero-order valence-corrected chi connectivity index (χ0v) is 30.1. The predicted octanol–water partition coefficient (Wildman–Crippen LogP) is 8.64. The van der Waals surface area contributed by atoms with E-state index < -0.39 is 0 Å². The van der Waals surface area contributed by atoms with Crippen LogP contribution >= 0.6 is 0 Å². The summed E-state index contributed by atoms with van der Waals surface area (Å²) in [6, 6.07) is 37.0. The van der Waals surface area contributed by atoms with E-state index in [4.69, 9.17) is 29.4 Å². The second-order valence-corrected chi connectivity index (χ2v) is 13.3. The van der Waals surface area contributed by atoms with Gasteiger partial charge in [-0.05, 0) is 95.9 Å². The molecular formula is C43H36N8O2. The largest absolute Gasteiger partial charge is 0.497 e. The number of benzene rings is 4. The van der Waals surface area contributed by atoms with E-state index in [1.165, 1.54) is 0 Å². The number of aromatic nitrogens is 8. The normalized spacial score (nSPS) is 11.6. The van der Waals surface area contributed by atoms with E-state index in [1.807, 2.05) is 87.9 Å². The molecule has 0 atom stereocenters. The highest BCUT2D eigenvalue weighted by Crippen LogP contribution is 2.33. The summed E-state index contributed by atoms with van der Waals surface area (Å²) in [4.78, 5) is 24.9. The Kier molecular flexibility index (Phi) is 7.73. The Morgan fingerprint density at radius 2 is 1.13 bits per heavy atom. The summed E-state index contributed by atoms with van der Waals surface area (Å²) >= 11 is 0. The minimum absolute atomic E-state index is 0.554. The second kappa shape index (κ2) is 12.8. The van der Waals surface area contributed by atoms with Crippen molar-refractivity contribution in [1.29, 1.82) is 0 Å². The third-order valence-electron chi connectivity index (χ3n) is 9.85. The molecule has 0 aliphatic rings. The van der Waals surface area contributed by atoms with E-state index in [0.717, 1.165) is 101 Å². The fourth-order valence-electron chi connectivity index (χ4n) is 7.07. The summed E-state index contributed by atoms with van der Waals surface area (Å²) in [5, 5.41) is 0. The van der Waals surface area contributed by atoms with Crippen LogP contribution in [0.3, 0.4) is 0 Å². The average Bonchev–Trinajstić information content (AvgIpc) is 3.85. The third kappa shape index (κ3) is 5.65. The van der Waals surface area contributed by atoms with Gasteiger partial charge >= 0.3 is 0 Å². The van der Waals surface area contributed by atoms with Gasteiger partial charge in [-0.25, -0.2) is 19.9 Å². The van der Waals surface area contributed by atoms with Crippen molar-refractivity contribution in [2.75, 3.05) is 14.2 Å². The molecule has 5 heterocycles. The van der Waals surface area contributed by atoms with Crippen LogP contribution in [0.5, 0.6) is 11.5 Å².